The molecule has 0 aromatic heterocycles. The number of carbonyl (C=O) groups is 2. The summed E-state index contributed by atoms with van der Waals surface area (Å²) in [5.41, 5.74) is 5.39. The van der Waals surface area contributed by atoms with E-state index in [0.29, 0.717) is 25.3 Å². The Bertz CT molecular complexity index is 368. The molecule has 0 saturated heterocycles. The lowest BCUT2D eigenvalue weighted by Crippen LogP contribution is -2.43. The van der Waals surface area contributed by atoms with E-state index in [1.54, 1.807) is 0 Å². The van der Waals surface area contributed by atoms with Crippen molar-refractivity contribution in [3.63, 3.8) is 0 Å². The molecule has 0 aromatic rings. The van der Waals surface area contributed by atoms with Crippen molar-refractivity contribution < 1.29 is 14.4 Å². The molecule has 1 saturated carbocycles. The Balaban J connectivity index is 2.17. The molecule has 1 aliphatic carbocycles. The van der Waals surface area contributed by atoms with Crippen LogP contribution in [0.15, 0.2) is 0 Å². The van der Waals surface area contributed by atoms with Gasteiger partial charge in [-0.1, -0.05) is 38.5 Å². The van der Waals surface area contributed by atoms with Gasteiger partial charge in [-0.3, -0.25) is 14.4 Å². The predicted octanol–water partition coefficient (Wildman–Crippen LogP) is 1.19. The maximum Gasteiger partial charge on any atom is 0.239 e. The Morgan fingerprint density at radius 1 is 1.09 bits per heavy atom. The molecule has 1 radical (unpaired) electrons. The lowest BCUT2D eigenvalue weighted by Gasteiger charge is -2.24. The zero-order valence-electron chi connectivity index (χ0n) is 13.9. The molecule has 2 amide bonds. The van der Waals surface area contributed by atoms with Crippen molar-refractivity contribution in [1.29, 1.82) is 0 Å². The number of carbonyl (C=O) groups excluding carboxylic acids is 3. The number of nitrogens with two attached hydrogens (primary N) is 1. The fraction of sp³-hybridized carbons (Fsp3) is 0.824. The molecule has 6 heteroatoms. The molecule has 1 fully saturated rings. The minimum Gasteiger partial charge on any atom is -0.347 e. The molecule has 0 unspecified atom stereocenters. The van der Waals surface area contributed by atoms with E-state index in [4.69, 9.17) is 5.73 Å². The van der Waals surface area contributed by atoms with Crippen LogP contribution in [0.25, 0.3) is 0 Å². The van der Waals surface area contributed by atoms with Gasteiger partial charge in [-0.05, 0) is 31.7 Å². The second-order valence-electron chi connectivity index (χ2n) is 6.35. The number of amides is 2. The van der Waals surface area contributed by atoms with Crippen molar-refractivity contribution in [2.45, 2.75) is 70.3 Å². The summed E-state index contributed by atoms with van der Waals surface area (Å²) in [6, 6.07) is -0.563. The highest BCUT2D eigenvalue weighted by molar-refractivity contribution is 5.86. The quantitative estimate of drug-likeness (QED) is 0.497. The van der Waals surface area contributed by atoms with Crippen LogP contribution >= 0.6 is 0 Å². The molecular weight excluding hydrogens is 294 g/mol. The highest BCUT2D eigenvalue weighted by atomic mass is 16.2. The third-order valence-electron chi connectivity index (χ3n) is 4.33. The van der Waals surface area contributed by atoms with Gasteiger partial charge in [-0.15, -0.1) is 0 Å². The van der Waals surface area contributed by atoms with Gasteiger partial charge in [0.2, 0.25) is 18.1 Å². The molecule has 0 heterocycles. The summed E-state index contributed by atoms with van der Waals surface area (Å²) in [6.07, 6.45) is 11.5. The summed E-state index contributed by atoms with van der Waals surface area (Å²) in [5, 5.41) is 5.23. The number of unbranched alkanes of at least 4 members (excludes halogenated alkanes) is 2. The molecule has 6 nitrogen and oxygen atoms in total. The minimum atomic E-state index is -0.563. The second kappa shape index (κ2) is 12.0. The van der Waals surface area contributed by atoms with Gasteiger partial charge >= 0.3 is 0 Å². The molecule has 23 heavy (non-hydrogen) atoms. The van der Waals surface area contributed by atoms with E-state index in [2.05, 4.69) is 10.6 Å². The van der Waals surface area contributed by atoms with E-state index >= 15 is 0 Å². The molecule has 0 aromatic carbocycles. The normalized spacial score (nSPS) is 16.6. The molecular formula is C17H30N3O3. The van der Waals surface area contributed by atoms with Crippen LogP contribution in [0, 0.1) is 5.92 Å². The number of hydrogen-bond acceptors (Lipinski definition) is 4. The van der Waals surface area contributed by atoms with E-state index in [9.17, 15) is 14.4 Å². The molecule has 1 rings (SSSR count). The summed E-state index contributed by atoms with van der Waals surface area (Å²) in [5.74, 6) is 0.0215. The van der Waals surface area contributed by atoms with Crippen LogP contribution in [0.2, 0.25) is 0 Å². The number of nitrogens with one attached hydrogen (secondary N) is 2. The van der Waals surface area contributed by atoms with Crippen molar-refractivity contribution >= 4 is 18.1 Å². The summed E-state index contributed by atoms with van der Waals surface area (Å²) in [7, 11) is 0. The van der Waals surface area contributed by atoms with Gasteiger partial charge in [0.1, 0.15) is 0 Å². The van der Waals surface area contributed by atoms with Gasteiger partial charge in [0.05, 0.1) is 12.6 Å². The number of hydrogen-bond donors (Lipinski definition) is 3. The van der Waals surface area contributed by atoms with Crippen molar-refractivity contribution in [2.24, 2.45) is 11.7 Å². The Morgan fingerprint density at radius 3 is 2.48 bits per heavy atom. The highest BCUT2D eigenvalue weighted by Gasteiger charge is 2.20. The Kier molecular flexibility index (Phi) is 10.3. The molecule has 0 aliphatic heterocycles. The van der Waals surface area contributed by atoms with Crippen LogP contribution in [0.1, 0.15) is 64.2 Å². The Labute approximate surface area is 138 Å². The largest absolute Gasteiger partial charge is 0.347 e. The minimum absolute atomic E-state index is 0.0848. The van der Waals surface area contributed by atoms with Crippen LogP contribution in [0.4, 0.5) is 0 Å². The zero-order chi connectivity index (χ0) is 16.9. The Hall–Kier alpha value is -1.43. The SMILES string of the molecule is NCCCCCC(=O)NCC(=O)N[C@H]([C]=O)CC1CCCCC1. The topological polar surface area (TPSA) is 101 Å². The molecule has 0 spiro atoms. The van der Waals surface area contributed by atoms with Crippen LogP contribution in [-0.4, -0.2) is 37.2 Å². The van der Waals surface area contributed by atoms with E-state index in [1.165, 1.54) is 19.3 Å². The van der Waals surface area contributed by atoms with Gasteiger partial charge in [0.15, 0.2) is 0 Å². The van der Waals surface area contributed by atoms with E-state index < -0.39 is 6.04 Å². The average molecular weight is 324 g/mol. The first kappa shape index (κ1) is 19.6. The summed E-state index contributed by atoms with van der Waals surface area (Å²) in [6.45, 7) is 0.549. The lowest BCUT2D eigenvalue weighted by molar-refractivity contribution is -0.126. The van der Waals surface area contributed by atoms with Gasteiger partial charge in [0.25, 0.3) is 0 Å². The maximum absolute atomic E-state index is 11.8. The lowest BCUT2D eigenvalue weighted by atomic mass is 9.85. The molecule has 1 aliphatic rings. The van der Waals surface area contributed by atoms with Crippen molar-refractivity contribution in [3.05, 3.63) is 0 Å². The van der Waals surface area contributed by atoms with Crippen LogP contribution < -0.4 is 16.4 Å². The summed E-state index contributed by atoms with van der Waals surface area (Å²) < 4.78 is 0. The maximum atomic E-state index is 11.8. The van der Waals surface area contributed by atoms with Crippen LogP contribution in [0.3, 0.4) is 0 Å². The first-order valence-electron chi connectivity index (χ1n) is 8.79. The fourth-order valence-electron chi connectivity index (χ4n) is 3.01. The first-order chi connectivity index (χ1) is 11.2. The predicted molar refractivity (Wildman–Crippen MR) is 89.3 cm³/mol. The fourth-order valence-corrected chi connectivity index (χ4v) is 3.01. The van der Waals surface area contributed by atoms with E-state index in [1.807, 2.05) is 6.29 Å². The van der Waals surface area contributed by atoms with E-state index in [0.717, 1.165) is 32.1 Å². The smallest absolute Gasteiger partial charge is 0.239 e. The van der Waals surface area contributed by atoms with Gasteiger partial charge in [-0.25, -0.2) is 0 Å². The van der Waals surface area contributed by atoms with Crippen LogP contribution in [-0.2, 0) is 14.4 Å². The molecule has 0 bridgehead atoms. The average Bonchev–Trinajstić information content (AvgIpc) is 2.57. The molecule has 1 atom stereocenters. The van der Waals surface area contributed by atoms with Crippen LogP contribution in [0.5, 0.6) is 0 Å². The molecule has 4 N–H and O–H groups in total. The van der Waals surface area contributed by atoms with Gasteiger partial charge < -0.3 is 16.4 Å². The van der Waals surface area contributed by atoms with Gasteiger partial charge in [0, 0.05) is 6.42 Å². The Morgan fingerprint density at radius 2 is 1.83 bits per heavy atom. The van der Waals surface area contributed by atoms with Gasteiger partial charge in [-0.2, -0.15) is 0 Å². The first-order valence-corrected chi connectivity index (χ1v) is 8.79. The third kappa shape index (κ3) is 9.33. The standard InChI is InChI=1S/C17H30N3O3/c18-10-6-2-5-9-16(22)19-12-17(23)20-15(13-21)11-14-7-3-1-4-8-14/h14-15H,1-12,18H2,(H,19,22)(H,20,23)/t15-/m0/s1. The van der Waals surface area contributed by atoms with E-state index in [-0.39, 0.29) is 18.4 Å². The second-order valence-corrected chi connectivity index (χ2v) is 6.35. The number of rotatable bonds is 11. The highest BCUT2D eigenvalue weighted by Crippen LogP contribution is 2.26. The van der Waals surface area contributed by atoms with Crippen molar-refractivity contribution in [2.75, 3.05) is 13.1 Å². The third-order valence-corrected chi connectivity index (χ3v) is 4.33. The summed E-state index contributed by atoms with van der Waals surface area (Å²) >= 11 is 0. The monoisotopic (exact) mass is 324 g/mol. The van der Waals surface area contributed by atoms with Crippen molar-refractivity contribution in [3.8, 4) is 0 Å². The van der Waals surface area contributed by atoms with Crippen molar-refractivity contribution in [1.82, 2.24) is 10.6 Å². The summed E-state index contributed by atoms with van der Waals surface area (Å²) in [4.78, 5) is 34.4. The zero-order valence-corrected chi connectivity index (χ0v) is 13.9. The molecule has 131 valence electrons.